The number of aliphatic imine (C=N–C) groups is 1. The number of rotatable bonds is 6. The molecule has 0 aliphatic carbocycles. The molecule has 0 radical (unpaired) electrons. The third-order valence-corrected chi connectivity index (χ3v) is 4.70. The van der Waals surface area contributed by atoms with Crippen LogP contribution in [0.4, 0.5) is 0 Å². The summed E-state index contributed by atoms with van der Waals surface area (Å²) in [4.78, 5) is 9.68. The van der Waals surface area contributed by atoms with Crippen LogP contribution in [0.3, 0.4) is 0 Å². The fourth-order valence-electron chi connectivity index (χ4n) is 3.25. The summed E-state index contributed by atoms with van der Waals surface area (Å²) in [6.45, 7) is 10.7. The van der Waals surface area contributed by atoms with E-state index >= 15 is 0 Å². The molecule has 5 heteroatoms. The van der Waals surface area contributed by atoms with Crippen LogP contribution in [0, 0.1) is 5.92 Å². The van der Waals surface area contributed by atoms with E-state index < -0.39 is 0 Å². The standard InChI is InChI=1S/C18H33N5/c1-5-19-18(22(4)15-17-10-8-11-21(17)3)20-13-16-9-7-12-23(6-2)14-16/h8,10-11,16H,5-7,9,12-15H2,1-4H3,(H,19,20). The van der Waals surface area contributed by atoms with E-state index in [2.05, 4.69) is 66.0 Å². The molecule has 1 N–H and O–H groups in total. The third kappa shape index (κ3) is 5.27. The molecule has 0 saturated carbocycles. The Morgan fingerprint density at radius 3 is 2.91 bits per heavy atom. The molecule has 2 heterocycles. The molecule has 0 amide bonds. The van der Waals surface area contributed by atoms with Crippen LogP contribution >= 0.6 is 0 Å². The predicted molar refractivity (Wildman–Crippen MR) is 97.7 cm³/mol. The van der Waals surface area contributed by atoms with Crippen LogP contribution in [-0.4, -0.2) is 60.1 Å². The number of aryl methyl sites for hydroxylation is 1. The summed E-state index contributed by atoms with van der Waals surface area (Å²) in [5.41, 5.74) is 1.30. The second kappa shape index (κ2) is 8.96. The summed E-state index contributed by atoms with van der Waals surface area (Å²) in [5.74, 6) is 1.71. The molecule has 5 nitrogen and oxygen atoms in total. The topological polar surface area (TPSA) is 35.8 Å². The van der Waals surface area contributed by atoms with E-state index in [9.17, 15) is 0 Å². The van der Waals surface area contributed by atoms with Gasteiger partial charge in [-0.3, -0.25) is 4.99 Å². The third-order valence-electron chi connectivity index (χ3n) is 4.70. The fourth-order valence-corrected chi connectivity index (χ4v) is 3.25. The summed E-state index contributed by atoms with van der Waals surface area (Å²) in [5, 5.41) is 3.43. The number of aromatic nitrogens is 1. The molecule has 1 atom stereocenters. The summed E-state index contributed by atoms with van der Waals surface area (Å²) in [6, 6.07) is 4.26. The van der Waals surface area contributed by atoms with Crippen molar-refractivity contribution in [3.8, 4) is 0 Å². The zero-order valence-corrected chi connectivity index (χ0v) is 15.3. The molecular weight excluding hydrogens is 286 g/mol. The van der Waals surface area contributed by atoms with E-state index in [0.29, 0.717) is 5.92 Å². The van der Waals surface area contributed by atoms with Gasteiger partial charge in [0.05, 0.1) is 6.54 Å². The monoisotopic (exact) mass is 319 g/mol. The zero-order chi connectivity index (χ0) is 16.7. The van der Waals surface area contributed by atoms with Crippen molar-refractivity contribution in [1.29, 1.82) is 0 Å². The second-order valence-electron chi connectivity index (χ2n) is 6.56. The molecule has 1 aliphatic rings. The lowest BCUT2D eigenvalue weighted by molar-refractivity contribution is 0.186. The van der Waals surface area contributed by atoms with Gasteiger partial charge in [0.1, 0.15) is 0 Å². The van der Waals surface area contributed by atoms with E-state index in [4.69, 9.17) is 4.99 Å². The first-order valence-electron chi connectivity index (χ1n) is 8.96. The van der Waals surface area contributed by atoms with E-state index in [-0.39, 0.29) is 0 Å². The van der Waals surface area contributed by atoms with Crippen molar-refractivity contribution in [1.82, 2.24) is 19.7 Å². The van der Waals surface area contributed by atoms with Crippen LogP contribution in [0.2, 0.25) is 0 Å². The minimum atomic E-state index is 0.695. The van der Waals surface area contributed by atoms with Gasteiger partial charge in [-0.1, -0.05) is 6.92 Å². The highest BCUT2D eigenvalue weighted by molar-refractivity contribution is 5.79. The number of nitrogens with zero attached hydrogens (tertiary/aromatic N) is 4. The van der Waals surface area contributed by atoms with E-state index in [1.54, 1.807) is 0 Å². The predicted octanol–water partition coefficient (Wildman–Crippen LogP) is 2.15. The highest BCUT2D eigenvalue weighted by atomic mass is 15.3. The first kappa shape index (κ1) is 17.9. The normalized spacial score (nSPS) is 19.8. The van der Waals surface area contributed by atoms with Crippen molar-refractivity contribution >= 4 is 5.96 Å². The molecule has 0 spiro atoms. The number of hydrogen-bond acceptors (Lipinski definition) is 2. The lowest BCUT2D eigenvalue weighted by Crippen LogP contribution is -2.40. The van der Waals surface area contributed by atoms with Crippen molar-refractivity contribution in [2.45, 2.75) is 33.2 Å². The Morgan fingerprint density at radius 2 is 2.26 bits per heavy atom. The molecule has 1 aromatic rings. The number of likely N-dealkylation sites (tertiary alicyclic amines) is 1. The molecule has 0 aromatic carbocycles. The van der Waals surface area contributed by atoms with Gasteiger partial charge >= 0.3 is 0 Å². The molecule has 1 saturated heterocycles. The van der Waals surface area contributed by atoms with Gasteiger partial charge in [0.25, 0.3) is 0 Å². The van der Waals surface area contributed by atoms with E-state index in [1.807, 2.05) is 0 Å². The van der Waals surface area contributed by atoms with Crippen LogP contribution in [0.25, 0.3) is 0 Å². The SMILES string of the molecule is CCNC(=NCC1CCCN(CC)C1)N(C)Cc1cccn1C. The van der Waals surface area contributed by atoms with Gasteiger partial charge in [0.2, 0.25) is 0 Å². The minimum Gasteiger partial charge on any atom is -0.357 e. The first-order chi connectivity index (χ1) is 11.1. The van der Waals surface area contributed by atoms with Crippen LogP contribution in [0.1, 0.15) is 32.4 Å². The Morgan fingerprint density at radius 1 is 1.43 bits per heavy atom. The molecule has 0 bridgehead atoms. The number of nitrogens with one attached hydrogen (secondary N) is 1. The van der Waals surface area contributed by atoms with E-state index in [0.717, 1.165) is 32.1 Å². The highest BCUT2D eigenvalue weighted by Gasteiger charge is 2.18. The Hall–Kier alpha value is -1.49. The van der Waals surface area contributed by atoms with Crippen LogP contribution < -0.4 is 5.32 Å². The average Bonchev–Trinajstić information content (AvgIpc) is 2.96. The lowest BCUT2D eigenvalue weighted by atomic mass is 9.98. The highest BCUT2D eigenvalue weighted by Crippen LogP contribution is 2.16. The molecule has 130 valence electrons. The van der Waals surface area contributed by atoms with Crippen LogP contribution in [0.5, 0.6) is 0 Å². The molecule has 2 rings (SSSR count). The van der Waals surface area contributed by atoms with Crippen LogP contribution in [-0.2, 0) is 13.6 Å². The lowest BCUT2D eigenvalue weighted by Gasteiger charge is -2.31. The Labute approximate surface area is 141 Å². The summed E-state index contributed by atoms with van der Waals surface area (Å²) >= 11 is 0. The van der Waals surface area contributed by atoms with Crippen molar-refractivity contribution < 1.29 is 0 Å². The quantitative estimate of drug-likeness (QED) is 0.645. The maximum atomic E-state index is 4.91. The molecule has 1 unspecified atom stereocenters. The molecular formula is C18H33N5. The smallest absolute Gasteiger partial charge is 0.194 e. The Balaban J connectivity index is 1.94. The van der Waals surface area contributed by atoms with Crippen molar-refractivity contribution in [2.75, 3.05) is 39.8 Å². The largest absolute Gasteiger partial charge is 0.357 e. The van der Waals surface area contributed by atoms with Crippen molar-refractivity contribution in [3.63, 3.8) is 0 Å². The van der Waals surface area contributed by atoms with Crippen LogP contribution in [0.15, 0.2) is 23.3 Å². The van der Waals surface area contributed by atoms with Gasteiger partial charge in [0, 0.05) is 45.6 Å². The molecule has 1 fully saturated rings. The average molecular weight is 319 g/mol. The first-order valence-corrected chi connectivity index (χ1v) is 8.96. The van der Waals surface area contributed by atoms with Gasteiger partial charge in [-0.05, 0) is 50.9 Å². The molecule has 1 aliphatic heterocycles. The zero-order valence-electron chi connectivity index (χ0n) is 15.3. The minimum absolute atomic E-state index is 0.695. The maximum absolute atomic E-state index is 4.91. The van der Waals surface area contributed by atoms with Crippen molar-refractivity contribution in [3.05, 3.63) is 24.0 Å². The fraction of sp³-hybridized carbons (Fsp3) is 0.722. The molecule has 23 heavy (non-hydrogen) atoms. The summed E-state index contributed by atoms with van der Waals surface area (Å²) in [7, 11) is 4.21. The Kier molecular flexibility index (Phi) is 6.96. The second-order valence-corrected chi connectivity index (χ2v) is 6.56. The molecule has 1 aromatic heterocycles. The van der Waals surface area contributed by atoms with Gasteiger partial charge in [-0.15, -0.1) is 0 Å². The maximum Gasteiger partial charge on any atom is 0.194 e. The van der Waals surface area contributed by atoms with Gasteiger partial charge in [-0.2, -0.15) is 0 Å². The van der Waals surface area contributed by atoms with Gasteiger partial charge in [0.15, 0.2) is 5.96 Å². The van der Waals surface area contributed by atoms with Crippen molar-refractivity contribution in [2.24, 2.45) is 18.0 Å². The van der Waals surface area contributed by atoms with Gasteiger partial charge < -0.3 is 19.7 Å². The van der Waals surface area contributed by atoms with E-state index in [1.165, 1.54) is 31.6 Å². The Bertz CT molecular complexity index is 493. The van der Waals surface area contributed by atoms with Gasteiger partial charge in [-0.25, -0.2) is 0 Å². The number of hydrogen-bond donors (Lipinski definition) is 1. The number of guanidine groups is 1. The number of piperidine rings is 1. The summed E-state index contributed by atoms with van der Waals surface area (Å²) < 4.78 is 2.17. The summed E-state index contributed by atoms with van der Waals surface area (Å²) in [6.07, 6.45) is 4.71.